The standard InChI is InChI=1S/C22H14N2Si.C6H6S2.Pt/c1-3-9-17-15(7-1)16-8-2-4-10-18(16)25(17)19-11-5-13-23-21(19)22-20(25)12-6-14-24-22;7-5-3-1-2-4-6(5)8;/h1-14H;1-4,7-8H;/q;;+2/p-2. The minimum atomic E-state index is -2.28. The molecule has 34 heavy (non-hydrogen) atoms. The van der Waals surface area contributed by atoms with Crippen LogP contribution in [0, 0.1) is 0 Å². The Morgan fingerprint density at radius 2 is 0.853 bits per heavy atom. The fourth-order valence-electron chi connectivity index (χ4n) is 5.20. The van der Waals surface area contributed by atoms with Gasteiger partial charge in [-0.1, -0.05) is 84.9 Å². The molecule has 7 rings (SSSR count). The van der Waals surface area contributed by atoms with Gasteiger partial charge < -0.3 is 25.3 Å². The Balaban J connectivity index is 0.000000231. The predicted octanol–water partition coefficient (Wildman–Crippen LogP) is 3.31. The van der Waals surface area contributed by atoms with Crippen LogP contribution in [0.4, 0.5) is 0 Å². The summed E-state index contributed by atoms with van der Waals surface area (Å²) < 4.78 is 0. The zero-order chi connectivity index (χ0) is 22.4. The Bertz CT molecular complexity index is 1310. The molecule has 2 aromatic heterocycles. The van der Waals surface area contributed by atoms with Crippen LogP contribution in [0.15, 0.2) is 119 Å². The number of hydrogen-bond acceptors (Lipinski definition) is 4. The number of nitrogens with zero attached hydrogens (tertiary/aromatic N) is 2. The Morgan fingerprint density at radius 3 is 1.29 bits per heavy atom. The quantitative estimate of drug-likeness (QED) is 0.183. The maximum Gasteiger partial charge on any atom is 2.00 e. The molecule has 5 aromatic rings. The molecule has 0 unspecified atom stereocenters. The normalized spacial score (nSPS) is 12.9. The number of benzene rings is 3. The van der Waals surface area contributed by atoms with Gasteiger partial charge in [0.25, 0.3) is 0 Å². The van der Waals surface area contributed by atoms with E-state index >= 15 is 0 Å². The molecular weight excluding hydrogens is 652 g/mol. The molecule has 0 saturated carbocycles. The zero-order valence-electron chi connectivity index (χ0n) is 17.9. The van der Waals surface area contributed by atoms with Crippen molar-refractivity contribution in [3.63, 3.8) is 0 Å². The molecule has 0 radical (unpaired) electrons. The fraction of sp³-hybridized carbons (Fsp3) is 0. The van der Waals surface area contributed by atoms with Crippen molar-refractivity contribution < 1.29 is 21.1 Å². The summed E-state index contributed by atoms with van der Waals surface area (Å²) in [5, 5.41) is 5.69. The molecular formula is C28H18N2PtS2Si. The van der Waals surface area contributed by atoms with Crippen LogP contribution in [0.3, 0.4) is 0 Å². The molecule has 4 heterocycles. The number of rotatable bonds is 0. The monoisotopic (exact) mass is 669 g/mol. The third-order valence-electron chi connectivity index (χ3n) is 6.45. The van der Waals surface area contributed by atoms with Gasteiger partial charge in [0.1, 0.15) is 0 Å². The summed E-state index contributed by atoms with van der Waals surface area (Å²) in [6.07, 6.45) is 3.77. The maximum absolute atomic E-state index is 4.85. The molecule has 2 aliphatic rings. The summed E-state index contributed by atoms with van der Waals surface area (Å²) in [5.74, 6) is 0. The molecule has 6 heteroatoms. The second-order valence-corrected chi connectivity index (χ2v) is 12.6. The van der Waals surface area contributed by atoms with Crippen LogP contribution in [-0.4, -0.2) is 18.0 Å². The van der Waals surface area contributed by atoms with E-state index in [-0.39, 0.29) is 21.1 Å². The molecule has 1 spiro atoms. The van der Waals surface area contributed by atoms with Crippen molar-refractivity contribution in [2.75, 3.05) is 0 Å². The van der Waals surface area contributed by atoms with E-state index in [2.05, 4.69) is 72.8 Å². The van der Waals surface area contributed by atoms with E-state index in [0.717, 1.165) is 21.2 Å². The van der Waals surface area contributed by atoms with Gasteiger partial charge >= 0.3 is 21.1 Å². The number of aromatic nitrogens is 2. The van der Waals surface area contributed by atoms with Gasteiger partial charge in [0.05, 0.1) is 11.4 Å². The molecule has 166 valence electrons. The van der Waals surface area contributed by atoms with Crippen LogP contribution in [0.5, 0.6) is 0 Å². The molecule has 3 aromatic carbocycles. The topological polar surface area (TPSA) is 25.8 Å². The van der Waals surface area contributed by atoms with Gasteiger partial charge in [-0.05, 0) is 44.0 Å². The van der Waals surface area contributed by atoms with E-state index in [9.17, 15) is 0 Å². The zero-order valence-corrected chi connectivity index (χ0v) is 22.8. The first-order valence-corrected chi connectivity index (χ1v) is 13.6. The average Bonchev–Trinajstić information content (AvgIpc) is 3.34. The third kappa shape index (κ3) is 3.30. The molecule has 0 fully saturated rings. The molecule has 2 nitrogen and oxygen atoms in total. The third-order valence-corrected chi connectivity index (χ3v) is 12.2. The minimum absolute atomic E-state index is 0. The molecule has 0 bridgehead atoms. The van der Waals surface area contributed by atoms with Gasteiger partial charge in [-0.15, -0.1) is 0 Å². The smallest absolute Gasteiger partial charge is 0.781 e. The van der Waals surface area contributed by atoms with Gasteiger partial charge in [0.2, 0.25) is 0 Å². The molecule has 0 aliphatic carbocycles. The first-order valence-electron chi connectivity index (χ1n) is 10.8. The van der Waals surface area contributed by atoms with Gasteiger partial charge in [-0.2, -0.15) is 9.79 Å². The van der Waals surface area contributed by atoms with Crippen LogP contribution in [0.1, 0.15) is 0 Å². The summed E-state index contributed by atoms with van der Waals surface area (Å²) >= 11 is 9.70. The second-order valence-electron chi connectivity index (χ2n) is 8.09. The first-order chi connectivity index (χ1) is 16.2. The SMILES string of the molecule is [Pt+2].[S-]c1ccccc1[S-].c1ccc2c(c1)-c1ccccc1[Si]21c2cccnc2-c2ncccc21. The summed E-state index contributed by atoms with van der Waals surface area (Å²) in [4.78, 5) is 11.0. The van der Waals surface area contributed by atoms with Crippen molar-refractivity contribution in [3.8, 4) is 22.5 Å². The Kier molecular flexibility index (Phi) is 6.21. The average molecular weight is 670 g/mol. The van der Waals surface area contributed by atoms with E-state index in [0.29, 0.717) is 0 Å². The van der Waals surface area contributed by atoms with Gasteiger partial charge in [-0.25, -0.2) is 0 Å². The second kappa shape index (κ2) is 9.16. The van der Waals surface area contributed by atoms with Crippen molar-refractivity contribution in [2.45, 2.75) is 9.79 Å². The maximum atomic E-state index is 4.85. The number of fused-ring (bicyclic) bond motifs is 10. The van der Waals surface area contributed by atoms with E-state index in [1.54, 1.807) is 0 Å². The van der Waals surface area contributed by atoms with Crippen LogP contribution >= 0.6 is 0 Å². The van der Waals surface area contributed by atoms with E-state index < -0.39 is 8.07 Å². The molecule has 0 amide bonds. The molecule has 0 atom stereocenters. The van der Waals surface area contributed by atoms with Crippen LogP contribution < -0.4 is 20.7 Å². The van der Waals surface area contributed by atoms with Gasteiger partial charge in [-0.3, -0.25) is 9.97 Å². The Labute approximate surface area is 225 Å². The van der Waals surface area contributed by atoms with E-state index in [1.165, 1.54) is 31.9 Å². The van der Waals surface area contributed by atoms with Crippen molar-refractivity contribution in [1.82, 2.24) is 9.97 Å². The van der Waals surface area contributed by atoms with Crippen LogP contribution in [-0.2, 0) is 46.3 Å². The van der Waals surface area contributed by atoms with Crippen LogP contribution in [0.2, 0.25) is 0 Å². The summed E-state index contributed by atoms with van der Waals surface area (Å²) in [6.45, 7) is 0. The first kappa shape index (κ1) is 23.1. The predicted molar refractivity (Wildman–Crippen MR) is 141 cm³/mol. The largest absolute Gasteiger partial charge is 2.00 e. The molecule has 0 N–H and O–H groups in total. The Hall–Kier alpha value is -2.69. The molecule has 2 aliphatic heterocycles. The van der Waals surface area contributed by atoms with Gasteiger partial charge in [0, 0.05) is 12.4 Å². The van der Waals surface area contributed by atoms with E-state index in [4.69, 9.17) is 35.2 Å². The van der Waals surface area contributed by atoms with Gasteiger partial charge in [0.15, 0.2) is 8.07 Å². The van der Waals surface area contributed by atoms with Crippen molar-refractivity contribution >= 4 is 54.1 Å². The Morgan fingerprint density at radius 1 is 0.471 bits per heavy atom. The number of hydrogen-bond donors (Lipinski definition) is 0. The minimum Gasteiger partial charge on any atom is -0.781 e. The fourth-order valence-corrected chi connectivity index (χ4v) is 10.9. The van der Waals surface area contributed by atoms with Crippen molar-refractivity contribution in [1.29, 1.82) is 0 Å². The van der Waals surface area contributed by atoms with Crippen molar-refractivity contribution in [3.05, 3.63) is 109 Å². The number of pyridine rings is 2. The van der Waals surface area contributed by atoms with Crippen molar-refractivity contribution in [2.24, 2.45) is 0 Å². The van der Waals surface area contributed by atoms with E-state index in [1.807, 2.05) is 36.7 Å². The van der Waals surface area contributed by atoms with Crippen LogP contribution in [0.25, 0.3) is 22.5 Å². The summed E-state index contributed by atoms with van der Waals surface area (Å²) in [7, 11) is -2.28. The summed E-state index contributed by atoms with van der Waals surface area (Å²) in [5.41, 5.74) is 4.88. The summed E-state index contributed by atoms with van der Waals surface area (Å²) in [6, 6.07) is 33.9. The molecule has 0 saturated heterocycles.